The smallest absolute Gasteiger partial charge is 0.323 e. The third-order valence-electron chi connectivity index (χ3n) is 2.50. The summed E-state index contributed by atoms with van der Waals surface area (Å²) >= 11 is 0. The number of aromatic nitrogens is 3. The minimum atomic E-state index is -4.55. The molecule has 0 aliphatic carbocycles. The molecule has 0 saturated heterocycles. The molecule has 0 fully saturated rings. The number of alkyl halides is 3. The molecule has 2 N–H and O–H groups in total. The first-order valence-electron chi connectivity index (χ1n) is 5.34. The highest BCUT2D eigenvalue weighted by Crippen LogP contribution is 2.31. The minimum Gasteiger partial charge on any atom is -0.323 e. The normalized spacial score (nSPS) is 13.6. The van der Waals surface area contributed by atoms with Gasteiger partial charge in [-0.15, -0.1) is 5.10 Å². The molecule has 0 aliphatic heterocycles. The van der Waals surface area contributed by atoms with E-state index >= 15 is 0 Å². The molecular weight excluding hydrogens is 264 g/mol. The molecule has 2 aromatic rings. The summed E-state index contributed by atoms with van der Waals surface area (Å²) in [5, 5.41) is 7.24. The Kier molecular flexibility index (Phi) is 3.27. The lowest BCUT2D eigenvalue weighted by Crippen LogP contribution is -2.08. The van der Waals surface area contributed by atoms with Crippen LogP contribution in [0.3, 0.4) is 0 Å². The Hall–Kier alpha value is -1.96. The van der Waals surface area contributed by atoms with E-state index in [0.717, 1.165) is 10.7 Å². The highest BCUT2D eigenvalue weighted by atomic mass is 19.4. The maximum absolute atomic E-state index is 13.6. The first-order chi connectivity index (χ1) is 8.79. The Bertz CT molecular complexity index is 589. The lowest BCUT2D eigenvalue weighted by Gasteiger charge is -2.09. The lowest BCUT2D eigenvalue weighted by atomic mass is 10.2. The fourth-order valence-electron chi connectivity index (χ4n) is 1.47. The van der Waals surface area contributed by atoms with Crippen LogP contribution in [0.15, 0.2) is 24.4 Å². The molecule has 1 atom stereocenters. The summed E-state index contributed by atoms with van der Waals surface area (Å²) in [7, 11) is 0. The van der Waals surface area contributed by atoms with Crippen LogP contribution in [0.25, 0.3) is 5.69 Å². The Morgan fingerprint density at radius 2 is 2.00 bits per heavy atom. The zero-order valence-corrected chi connectivity index (χ0v) is 9.82. The zero-order chi connectivity index (χ0) is 14.2. The lowest BCUT2D eigenvalue weighted by molar-refractivity contribution is -0.137. The molecule has 0 spiro atoms. The van der Waals surface area contributed by atoms with Crippen molar-refractivity contribution < 1.29 is 17.6 Å². The van der Waals surface area contributed by atoms with Gasteiger partial charge in [0.15, 0.2) is 0 Å². The third-order valence-corrected chi connectivity index (χ3v) is 2.50. The number of hydrogen-bond donors (Lipinski definition) is 1. The molecule has 1 aromatic carbocycles. The van der Waals surface area contributed by atoms with Gasteiger partial charge < -0.3 is 5.73 Å². The third kappa shape index (κ3) is 2.73. The molecular formula is C11H10F4N4. The van der Waals surface area contributed by atoms with E-state index < -0.39 is 23.6 Å². The SMILES string of the molecule is CC(N)c1cn(-c2cc(C(F)(F)F)ccc2F)nn1. The van der Waals surface area contributed by atoms with Crippen molar-refractivity contribution in [2.75, 3.05) is 0 Å². The van der Waals surface area contributed by atoms with Gasteiger partial charge in [0, 0.05) is 6.04 Å². The van der Waals surface area contributed by atoms with Crippen molar-refractivity contribution in [2.45, 2.75) is 19.1 Å². The van der Waals surface area contributed by atoms with Crippen molar-refractivity contribution in [2.24, 2.45) is 5.73 Å². The van der Waals surface area contributed by atoms with Gasteiger partial charge in [0.2, 0.25) is 0 Å². The van der Waals surface area contributed by atoms with Gasteiger partial charge in [-0.3, -0.25) is 0 Å². The molecule has 1 unspecified atom stereocenters. The van der Waals surface area contributed by atoms with E-state index in [-0.39, 0.29) is 5.69 Å². The quantitative estimate of drug-likeness (QED) is 0.856. The average molecular weight is 274 g/mol. The predicted molar refractivity (Wildman–Crippen MR) is 58.9 cm³/mol. The molecule has 1 heterocycles. The van der Waals surface area contributed by atoms with Crippen LogP contribution < -0.4 is 5.73 Å². The maximum Gasteiger partial charge on any atom is 0.416 e. The van der Waals surface area contributed by atoms with Crippen LogP contribution in [0, 0.1) is 5.82 Å². The second-order valence-corrected chi connectivity index (χ2v) is 4.04. The van der Waals surface area contributed by atoms with E-state index in [1.54, 1.807) is 6.92 Å². The Balaban J connectivity index is 2.48. The van der Waals surface area contributed by atoms with Gasteiger partial charge in [0.05, 0.1) is 17.5 Å². The molecule has 1 aromatic heterocycles. The maximum atomic E-state index is 13.6. The summed E-state index contributed by atoms with van der Waals surface area (Å²) in [4.78, 5) is 0. The van der Waals surface area contributed by atoms with Gasteiger partial charge in [-0.1, -0.05) is 5.21 Å². The molecule has 8 heteroatoms. The summed E-state index contributed by atoms with van der Waals surface area (Å²) in [6.07, 6.45) is -3.25. The molecule has 0 aliphatic rings. The Morgan fingerprint density at radius 3 is 2.53 bits per heavy atom. The zero-order valence-electron chi connectivity index (χ0n) is 9.82. The van der Waals surface area contributed by atoms with Crippen LogP contribution in [-0.4, -0.2) is 15.0 Å². The second kappa shape index (κ2) is 4.61. The van der Waals surface area contributed by atoms with E-state index in [4.69, 9.17) is 5.73 Å². The number of hydrogen-bond acceptors (Lipinski definition) is 3. The Labute approximate surface area is 105 Å². The van der Waals surface area contributed by atoms with Gasteiger partial charge in [0.25, 0.3) is 0 Å². The van der Waals surface area contributed by atoms with Gasteiger partial charge in [-0.05, 0) is 25.1 Å². The highest BCUT2D eigenvalue weighted by Gasteiger charge is 2.31. The van der Waals surface area contributed by atoms with Gasteiger partial charge in [0.1, 0.15) is 11.5 Å². The number of halogens is 4. The van der Waals surface area contributed by atoms with Crippen LogP contribution in [0.5, 0.6) is 0 Å². The Morgan fingerprint density at radius 1 is 1.32 bits per heavy atom. The van der Waals surface area contributed by atoms with Gasteiger partial charge >= 0.3 is 6.18 Å². The van der Waals surface area contributed by atoms with Crippen LogP contribution in [-0.2, 0) is 6.18 Å². The van der Waals surface area contributed by atoms with Crippen molar-refractivity contribution in [3.05, 3.63) is 41.5 Å². The molecule has 2 rings (SSSR count). The minimum absolute atomic E-state index is 0.325. The fourth-order valence-corrected chi connectivity index (χ4v) is 1.47. The van der Waals surface area contributed by atoms with Crippen molar-refractivity contribution >= 4 is 0 Å². The van der Waals surface area contributed by atoms with Crippen molar-refractivity contribution in [1.29, 1.82) is 0 Å². The van der Waals surface area contributed by atoms with Gasteiger partial charge in [-0.25, -0.2) is 9.07 Å². The number of nitrogens with two attached hydrogens (primary N) is 1. The van der Waals surface area contributed by atoms with E-state index in [9.17, 15) is 17.6 Å². The molecule has 4 nitrogen and oxygen atoms in total. The molecule has 0 radical (unpaired) electrons. The highest BCUT2D eigenvalue weighted by molar-refractivity contribution is 5.38. The van der Waals surface area contributed by atoms with Crippen LogP contribution in [0.2, 0.25) is 0 Å². The van der Waals surface area contributed by atoms with E-state index in [1.165, 1.54) is 6.20 Å². The summed E-state index contributed by atoms with van der Waals surface area (Å²) in [5.41, 5.74) is 4.63. The first-order valence-corrected chi connectivity index (χ1v) is 5.34. The molecule has 0 saturated carbocycles. The number of benzene rings is 1. The van der Waals surface area contributed by atoms with Crippen molar-refractivity contribution in [1.82, 2.24) is 15.0 Å². The largest absolute Gasteiger partial charge is 0.416 e. The predicted octanol–water partition coefficient (Wildman–Crippen LogP) is 2.44. The number of nitrogens with zero attached hydrogens (tertiary/aromatic N) is 3. The first kappa shape index (κ1) is 13.5. The summed E-state index contributed by atoms with van der Waals surface area (Å²) in [6, 6.07) is 1.64. The van der Waals surface area contributed by atoms with E-state index in [2.05, 4.69) is 10.3 Å². The van der Waals surface area contributed by atoms with Crippen molar-refractivity contribution in [3.8, 4) is 5.69 Å². The monoisotopic (exact) mass is 274 g/mol. The van der Waals surface area contributed by atoms with Gasteiger partial charge in [-0.2, -0.15) is 13.2 Å². The average Bonchev–Trinajstić information content (AvgIpc) is 2.77. The van der Waals surface area contributed by atoms with Crippen LogP contribution >= 0.6 is 0 Å². The molecule has 19 heavy (non-hydrogen) atoms. The summed E-state index contributed by atoms with van der Waals surface area (Å²) in [6.45, 7) is 1.64. The fraction of sp³-hybridized carbons (Fsp3) is 0.273. The molecule has 0 amide bonds. The topological polar surface area (TPSA) is 56.7 Å². The van der Waals surface area contributed by atoms with E-state index in [1.807, 2.05) is 0 Å². The second-order valence-electron chi connectivity index (χ2n) is 4.04. The molecule has 0 bridgehead atoms. The standard InChI is InChI=1S/C11H10F4N4/c1-6(16)9-5-19(18-17-9)10-4-7(11(13,14)15)2-3-8(10)12/h2-6H,16H2,1H3. The summed E-state index contributed by atoms with van der Waals surface area (Å²) in [5.74, 6) is -0.825. The summed E-state index contributed by atoms with van der Waals surface area (Å²) < 4.78 is 52.2. The number of rotatable bonds is 2. The van der Waals surface area contributed by atoms with Crippen LogP contribution in [0.4, 0.5) is 17.6 Å². The molecule has 102 valence electrons. The van der Waals surface area contributed by atoms with Crippen molar-refractivity contribution in [3.63, 3.8) is 0 Å². The van der Waals surface area contributed by atoms with E-state index in [0.29, 0.717) is 17.8 Å². The van der Waals surface area contributed by atoms with Crippen LogP contribution in [0.1, 0.15) is 24.2 Å².